The minimum absolute atomic E-state index is 0.136. The summed E-state index contributed by atoms with van der Waals surface area (Å²) in [6.45, 7) is 5.65. The van der Waals surface area contributed by atoms with Gasteiger partial charge in [0.2, 0.25) is 0 Å². The Labute approximate surface area is 171 Å². The van der Waals surface area contributed by atoms with Crippen molar-refractivity contribution in [3.63, 3.8) is 0 Å². The summed E-state index contributed by atoms with van der Waals surface area (Å²) in [5, 5.41) is 3.43. The SMILES string of the molecule is CN=C(NCc1ccc2c(c1)OCCCO2)N1CCN(C(=O)C2CCCO2)CC1. The monoisotopic (exact) mass is 402 g/mol. The van der Waals surface area contributed by atoms with Crippen molar-refractivity contribution in [1.82, 2.24) is 15.1 Å². The van der Waals surface area contributed by atoms with Crippen molar-refractivity contribution in [2.24, 2.45) is 4.99 Å². The van der Waals surface area contributed by atoms with E-state index in [1.54, 1.807) is 7.05 Å². The quantitative estimate of drug-likeness (QED) is 0.606. The number of ether oxygens (including phenoxy) is 3. The highest BCUT2D eigenvalue weighted by atomic mass is 16.5. The molecule has 8 heteroatoms. The van der Waals surface area contributed by atoms with E-state index >= 15 is 0 Å². The molecule has 0 aromatic heterocycles. The fraction of sp³-hybridized carbons (Fsp3) is 0.619. The molecule has 0 bridgehead atoms. The molecule has 29 heavy (non-hydrogen) atoms. The average Bonchev–Trinajstić information content (AvgIpc) is 3.20. The summed E-state index contributed by atoms with van der Waals surface area (Å²) in [6.07, 6.45) is 2.49. The van der Waals surface area contributed by atoms with Crippen LogP contribution in [0.2, 0.25) is 0 Å². The summed E-state index contributed by atoms with van der Waals surface area (Å²) in [7, 11) is 1.79. The van der Waals surface area contributed by atoms with Crippen molar-refractivity contribution in [2.45, 2.75) is 31.9 Å². The molecular formula is C21H30N4O4. The van der Waals surface area contributed by atoms with Crippen molar-refractivity contribution in [1.29, 1.82) is 0 Å². The van der Waals surface area contributed by atoms with Crippen molar-refractivity contribution >= 4 is 11.9 Å². The lowest BCUT2D eigenvalue weighted by Crippen LogP contribution is -2.55. The van der Waals surface area contributed by atoms with E-state index < -0.39 is 0 Å². The third-order valence-corrected chi connectivity index (χ3v) is 5.57. The van der Waals surface area contributed by atoms with Gasteiger partial charge in [-0.25, -0.2) is 0 Å². The highest BCUT2D eigenvalue weighted by Crippen LogP contribution is 2.30. The lowest BCUT2D eigenvalue weighted by atomic mass is 10.2. The predicted molar refractivity (Wildman–Crippen MR) is 109 cm³/mol. The molecule has 2 saturated heterocycles. The number of carbonyl (C=O) groups excluding carboxylic acids is 1. The first-order valence-electron chi connectivity index (χ1n) is 10.5. The standard InChI is InChI=1S/C21H30N4O4/c1-22-21(23-15-16-5-6-17-19(14-16)29-13-3-12-27-17)25-9-7-24(8-10-25)20(26)18-4-2-11-28-18/h5-6,14,18H,2-4,7-13,15H2,1H3,(H,22,23). The van der Waals surface area contributed by atoms with Crippen LogP contribution in [0, 0.1) is 0 Å². The summed E-state index contributed by atoms with van der Waals surface area (Å²) in [6, 6.07) is 6.04. The normalized spacial score (nSPS) is 22.4. The van der Waals surface area contributed by atoms with Gasteiger partial charge >= 0.3 is 0 Å². The number of guanidine groups is 1. The zero-order chi connectivity index (χ0) is 20.1. The highest BCUT2D eigenvalue weighted by Gasteiger charge is 2.30. The smallest absolute Gasteiger partial charge is 0.251 e. The van der Waals surface area contributed by atoms with Crippen molar-refractivity contribution < 1.29 is 19.0 Å². The molecule has 1 amide bonds. The van der Waals surface area contributed by atoms with Crippen LogP contribution in [0.15, 0.2) is 23.2 Å². The largest absolute Gasteiger partial charge is 0.490 e. The second-order valence-electron chi connectivity index (χ2n) is 7.55. The first-order chi connectivity index (χ1) is 14.2. The van der Waals surface area contributed by atoms with Gasteiger partial charge in [-0.05, 0) is 30.5 Å². The number of aliphatic imine (C=N–C) groups is 1. The summed E-state index contributed by atoms with van der Waals surface area (Å²) >= 11 is 0. The van der Waals surface area contributed by atoms with Gasteiger partial charge in [-0.1, -0.05) is 6.07 Å². The van der Waals surface area contributed by atoms with Crippen LogP contribution in [-0.4, -0.2) is 80.8 Å². The maximum atomic E-state index is 12.5. The number of nitrogens with one attached hydrogen (secondary N) is 1. The Balaban J connectivity index is 1.29. The second kappa shape index (κ2) is 9.35. The van der Waals surface area contributed by atoms with Crippen LogP contribution in [0.25, 0.3) is 0 Å². The number of nitrogens with zero attached hydrogens (tertiary/aromatic N) is 3. The molecule has 1 aromatic carbocycles. The molecule has 1 N–H and O–H groups in total. The Morgan fingerprint density at radius 3 is 2.55 bits per heavy atom. The maximum Gasteiger partial charge on any atom is 0.251 e. The number of fused-ring (bicyclic) bond motifs is 1. The Bertz CT molecular complexity index is 740. The lowest BCUT2D eigenvalue weighted by Gasteiger charge is -2.37. The molecule has 158 valence electrons. The Morgan fingerprint density at radius 2 is 1.83 bits per heavy atom. The Morgan fingerprint density at radius 1 is 1.07 bits per heavy atom. The van der Waals surface area contributed by atoms with Crippen LogP contribution >= 0.6 is 0 Å². The number of amides is 1. The molecule has 3 heterocycles. The van der Waals surface area contributed by atoms with E-state index in [1.165, 1.54) is 0 Å². The number of hydrogen-bond donors (Lipinski definition) is 1. The van der Waals surface area contributed by atoms with Gasteiger partial charge < -0.3 is 29.3 Å². The predicted octanol–water partition coefficient (Wildman–Crippen LogP) is 1.25. The topological polar surface area (TPSA) is 75.6 Å². The Hall–Kier alpha value is -2.48. The van der Waals surface area contributed by atoms with E-state index in [-0.39, 0.29) is 12.0 Å². The van der Waals surface area contributed by atoms with Gasteiger partial charge in [-0.3, -0.25) is 9.79 Å². The summed E-state index contributed by atoms with van der Waals surface area (Å²) < 4.78 is 17.0. The third-order valence-electron chi connectivity index (χ3n) is 5.57. The molecule has 0 spiro atoms. The number of piperazine rings is 1. The fourth-order valence-electron chi connectivity index (χ4n) is 3.95. The minimum atomic E-state index is -0.238. The molecule has 8 nitrogen and oxygen atoms in total. The van der Waals surface area contributed by atoms with E-state index in [1.807, 2.05) is 23.1 Å². The third kappa shape index (κ3) is 4.75. The molecule has 1 atom stereocenters. The molecule has 0 radical (unpaired) electrons. The molecule has 1 aromatic rings. The fourth-order valence-corrected chi connectivity index (χ4v) is 3.95. The van der Waals surface area contributed by atoms with E-state index in [0.29, 0.717) is 39.5 Å². The van der Waals surface area contributed by atoms with Crippen LogP contribution in [0.5, 0.6) is 11.5 Å². The van der Waals surface area contributed by atoms with Crippen molar-refractivity contribution in [3.8, 4) is 11.5 Å². The summed E-state index contributed by atoms with van der Waals surface area (Å²) in [5.41, 5.74) is 1.11. The van der Waals surface area contributed by atoms with Gasteiger partial charge in [-0.2, -0.15) is 0 Å². The van der Waals surface area contributed by atoms with Crippen LogP contribution in [0.4, 0.5) is 0 Å². The van der Waals surface area contributed by atoms with Gasteiger partial charge in [0, 0.05) is 52.8 Å². The molecule has 1 unspecified atom stereocenters. The number of hydrogen-bond acceptors (Lipinski definition) is 5. The minimum Gasteiger partial charge on any atom is -0.490 e. The van der Waals surface area contributed by atoms with Crippen molar-refractivity contribution in [2.75, 3.05) is 53.0 Å². The molecule has 0 aliphatic carbocycles. The molecule has 2 fully saturated rings. The zero-order valence-electron chi connectivity index (χ0n) is 17.1. The Kier molecular flexibility index (Phi) is 6.39. The van der Waals surface area contributed by atoms with E-state index in [4.69, 9.17) is 14.2 Å². The van der Waals surface area contributed by atoms with Gasteiger partial charge in [-0.15, -0.1) is 0 Å². The van der Waals surface area contributed by atoms with E-state index in [2.05, 4.69) is 15.2 Å². The molecule has 3 aliphatic rings. The van der Waals surface area contributed by atoms with Crippen LogP contribution in [-0.2, 0) is 16.1 Å². The van der Waals surface area contributed by atoms with Crippen LogP contribution in [0.3, 0.4) is 0 Å². The van der Waals surface area contributed by atoms with Gasteiger partial charge in [0.05, 0.1) is 13.2 Å². The number of benzene rings is 1. The van der Waals surface area contributed by atoms with E-state index in [9.17, 15) is 4.79 Å². The highest BCUT2D eigenvalue weighted by molar-refractivity contribution is 5.82. The number of rotatable bonds is 3. The zero-order valence-corrected chi connectivity index (χ0v) is 17.1. The maximum absolute atomic E-state index is 12.5. The van der Waals surface area contributed by atoms with Crippen molar-refractivity contribution in [3.05, 3.63) is 23.8 Å². The van der Waals surface area contributed by atoms with Gasteiger partial charge in [0.15, 0.2) is 17.5 Å². The molecular weight excluding hydrogens is 372 g/mol. The average molecular weight is 402 g/mol. The van der Waals surface area contributed by atoms with E-state index in [0.717, 1.165) is 55.4 Å². The van der Waals surface area contributed by atoms with Gasteiger partial charge in [0.1, 0.15) is 6.10 Å². The molecule has 3 aliphatic heterocycles. The molecule has 0 saturated carbocycles. The summed E-state index contributed by atoms with van der Waals surface area (Å²) in [4.78, 5) is 21.1. The lowest BCUT2D eigenvalue weighted by molar-refractivity contribution is -0.142. The van der Waals surface area contributed by atoms with Crippen LogP contribution < -0.4 is 14.8 Å². The van der Waals surface area contributed by atoms with Gasteiger partial charge in [0.25, 0.3) is 5.91 Å². The first-order valence-corrected chi connectivity index (χ1v) is 10.5. The first kappa shape index (κ1) is 19.8. The number of carbonyl (C=O) groups is 1. The van der Waals surface area contributed by atoms with Crippen LogP contribution in [0.1, 0.15) is 24.8 Å². The summed E-state index contributed by atoms with van der Waals surface area (Å²) in [5.74, 6) is 2.60. The molecule has 4 rings (SSSR count). The second-order valence-corrected chi connectivity index (χ2v) is 7.55.